The van der Waals surface area contributed by atoms with Gasteiger partial charge in [0, 0.05) is 23.5 Å². The Morgan fingerprint density at radius 2 is 2.16 bits per heavy atom. The molecular weight excluding hydrogens is 366 g/mol. The number of pyridine rings is 1. The molecule has 132 valence electrons. The molecule has 2 heterocycles. The maximum atomic E-state index is 13.4. The van der Waals surface area contributed by atoms with Gasteiger partial charge in [-0.3, -0.25) is 15.1 Å². The summed E-state index contributed by atoms with van der Waals surface area (Å²) in [6.07, 6.45) is 5.87. The fourth-order valence-corrected chi connectivity index (χ4v) is 5.75. The number of allylic oxidation sites excluding steroid dienone is 3. The van der Waals surface area contributed by atoms with Crippen molar-refractivity contribution in [2.24, 2.45) is 5.92 Å². The van der Waals surface area contributed by atoms with Crippen LogP contribution < -0.4 is 0 Å². The smallest absolute Gasteiger partial charge is 0.252 e. The van der Waals surface area contributed by atoms with Crippen molar-refractivity contribution < 1.29 is 13.3 Å². The van der Waals surface area contributed by atoms with Crippen LogP contribution in [0.2, 0.25) is 0 Å². The Kier molecular flexibility index (Phi) is 4.20. The standard InChI is InChI=1S/C16H16ClN3O4S/c1-3-12-15(20(21)22)9-11(17)10-16(12,2)25(23,24)19-8-6-13-14(19)5-4-7-18-13/h4-10,12H,3H2,1-2H3. The summed E-state index contributed by atoms with van der Waals surface area (Å²) in [5, 5.41) is 11.5. The molecule has 2 atom stereocenters. The maximum absolute atomic E-state index is 13.4. The lowest BCUT2D eigenvalue weighted by Crippen LogP contribution is -2.47. The number of hydrogen-bond acceptors (Lipinski definition) is 5. The third-order valence-electron chi connectivity index (χ3n) is 4.61. The quantitative estimate of drug-likeness (QED) is 0.598. The van der Waals surface area contributed by atoms with Gasteiger partial charge in [0.25, 0.3) is 5.70 Å². The summed E-state index contributed by atoms with van der Waals surface area (Å²) in [7, 11) is -4.03. The molecule has 0 spiro atoms. The third-order valence-corrected chi connectivity index (χ3v) is 7.18. The van der Waals surface area contributed by atoms with E-state index in [4.69, 9.17) is 11.6 Å². The molecule has 0 fully saturated rings. The van der Waals surface area contributed by atoms with Crippen LogP contribution in [0.25, 0.3) is 11.0 Å². The zero-order valence-electron chi connectivity index (χ0n) is 13.6. The second-order valence-electron chi connectivity index (χ2n) is 6.02. The van der Waals surface area contributed by atoms with E-state index in [1.807, 2.05) is 0 Å². The van der Waals surface area contributed by atoms with Gasteiger partial charge in [-0.2, -0.15) is 0 Å². The summed E-state index contributed by atoms with van der Waals surface area (Å²) in [6.45, 7) is 3.19. The molecule has 1 aliphatic rings. The number of halogens is 1. The molecule has 2 aromatic heterocycles. The van der Waals surface area contributed by atoms with Gasteiger partial charge in [0.15, 0.2) is 0 Å². The van der Waals surface area contributed by atoms with E-state index in [1.54, 1.807) is 31.3 Å². The summed E-state index contributed by atoms with van der Waals surface area (Å²) >= 11 is 6.04. The van der Waals surface area contributed by atoms with Gasteiger partial charge >= 0.3 is 0 Å². The van der Waals surface area contributed by atoms with Crippen LogP contribution in [0.5, 0.6) is 0 Å². The first-order valence-electron chi connectivity index (χ1n) is 7.64. The Bertz CT molecular complexity index is 1020. The molecule has 7 nitrogen and oxygen atoms in total. The highest BCUT2D eigenvalue weighted by atomic mass is 35.5. The lowest BCUT2D eigenvalue weighted by Gasteiger charge is -2.35. The van der Waals surface area contributed by atoms with Gasteiger partial charge in [0.1, 0.15) is 4.75 Å². The van der Waals surface area contributed by atoms with Crippen LogP contribution in [0.15, 0.2) is 53.5 Å². The Morgan fingerprint density at radius 3 is 2.80 bits per heavy atom. The summed E-state index contributed by atoms with van der Waals surface area (Å²) in [5.41, 5.74) is 0.745. The number of nitro groups is 1. The number of aromatic nitrogens is 2. The van der Waals surface area contributed by atoms with E-state index in [-0.39, 0.29) is 17.2 Å². The lowest BCUT2D eigenvalue weighted by molar-refractivity contribution is -0.434. The average Bonchev–Trinajstić information content (AvgIpc) is 2.98. The van der Waals surface area contributed by atoms with Crippen molar-refractivity contribution in [1.29, 1.82) is 0 Å². The minimum atomic E-state index is -4.03. The molecule has 0 radical (unpaired) electrons. The molecule has 0 amide bonds. The van der Waals surface area contributed by atoms with Crippen LogP contribution in [-0.2, 0) is 10.0 Å². The molecule has 9 heteroatoms. The Balaban J connectivity index is 2.25. The van der Waals surface area contributed by atoms with Crippen molar-refractivity contribution in [2.45, 2.75) is 25.0 Å². The fourth-order valence-electron chi connectivity index (χ4n) is 3.36. The van der Waals surface area contributed by atoms with Crippen LogP contribution >= 0.6 is 11.6 Å². The first-order chi connectivity index (χ1) is 11.7. The molecule has 0 N–H and O–H groups in total. The second-order valence-corrected chi connectivity index (χ2v) is 8.68. The zero-order valence-corrected chi connectivity index (χ0v) is 15.2. The summed E-state index contributed by atoms with van der Waals surface area (Å²) in [5.74, 6) is -0.830. The van der Waals surface area contributed by atoms with E-state index >= 15 is 0 Å². The minimum absolute atomic E-state index is 0.0389. The van der Waals surface area contributed by atoms with E-state index < -0.39 is 25.6 Å². The maximum Gasteiger partial charge on any atom is 0.252 e. The number of fused-ring (bicyclic) bond motifs is 1. The van der Waals surface area contributed by atoms with E-state index in [9.17, 15) is 18.5 Å². The summed E-state index contributed by atoms with van der Waals surface area (Å²) in [6, 6.07) is 4.87. The molecular formula is C16H16ClN3O4S. The van der Waals surface area contributed by atoms with Crippen LogP contribution in [0.3, 0.4) is 0 Å². The number of nitrogens with zero attached hydrogens (tertiary/aromatic N) is 3. The molecule has 2 unspecified atom stereocenters. The van der Waals surface area contributed by atoms with Crippen LogP contribution in [0, 0.1) is 16.0 Å². The zero-order chi connectivity index (χ0) is 18.4. The fraction of sp³-hybridized carbons (Fsp3) is 0.312. The van der Waals surface area contributed by atoms with E-state index in [2.05, 4.69) is 4.98 Å². The highest BCUT2D eigenvalue weighted by Gasteiger charge is 2.52. The van der Waals surface area contributed by atoms with Crippen molar-refractivity contribution in [3.05, 3.63) is 63.6 Å². The first-order valence-corrected chi connectivity index (χ1v) is 9.45. The van der Waals surface area contributed by atoms with Gasteiger partial charge < -0.3 is 0 Å². The molecule has 3 rings (SSSR count). The normalized spacial score (nSPS) is 24.0. The minimum Gasteiger partial charge on any atom is -0.259 e. The van der Waals surface area contributed by atoms with Crippen molar-refractivity contribution in [3.63, 3.8) is 0 Å². The molecule has 0 aromatic carbocycles. The predicted molar refractivity (Wildman–Crippen MR) is 95.3 cm³/mol. The summed E-state index contributed by atoms with van der Waals surface area (Å²) < 4.78 is 26.5. The van der Waals surface area contributed by atoms with Crippen LogP contribution in [0.1, 0.15) is 20.3 Å². The molecule has 0 saturated carbocycles. The van der Waals surface area contributed by atoms with E-state index in [0.717, 1.165) is 3.97 Å². The Hall–Kier alpha value is -2.19. The van der Waals surface area contributed by atoms with Gasteiger partial charge in [-0.25, -0.2) is 12.4 Å². The average molecular weight is 382 g/mol. The van der Waals surface area contributed by atoms with Gasteiger partial charge in [-0.05, 0) is 37.6 Å². The van der Waals surface area contributed by atoms with Crippen molar-refractivity contribution >= 4 is 32.7 Å². The SMILES string of the molecule is CCC1C([N+](=O)[O-])=CC(Cl)=CC1(C)S(=O)(=O)n1ccc2ncccc21. The van der Waals surface area contributed by atoms with E-state index in [0.29, 0.717) is 11.0 Å². The monoisotopic (exact) mass is 381 g/mol. The molecule has 0 aliphatic heterocycles. The Labute approximate surface area is 149 Å². The first kappa shape index (κ1) is 17.6. The highest BCUT2D eigenvalue weighted by Crippen LogP contribution is 2.43. The van der Waals surface area contributed by atoms with Gasteiger partial charge in [0.2, 0.25) is 10.0 Å². The third kappa shape index (κ3) is 2.56. The largest absolute Gasteiger partial charge is 0.259 e. The predicted octanol–water partition coefficient (Wildman–Crippen LogP) is 3.30. The van der Waals surface area contributed by atoms with Gasteiger partial charge in [-0.1, -0.05) is 18.5 Å². The van der Waals surface area contributed by atoms with Gasteiger partial charge in [0.05, 0.1) is 21.9 Å². The molecule has 25 heavy (non-hydrogen) atoms. The topological polar surface area (TPSA) is 95.1 Å². The van der Waals surface area contributed by atoms with Crippen molar-refractivity contribution in [1.82, 2.24) is 8.96 Å². The van der Waals surface area contributed by atoms with Crippen molar-refractivity contribution in [3.8, 4) is 0 Å². The van der Waals surface area contributed by atoms with Crippen LogP contribution in [0.4, 0.5) is 0 Å². The van der Waals surface area contributed by atoms with Crippen molar-refractivity contribution in [2.75, 3.05) is 0 Å². The van der Waals surface area contributed by atoms with E-state index in [1.165, 1.54) is 25.3 Å². The number of rotatable bonds is 4. The number of hydrogen-bond donors (Lipinski definition) is 0. The molecule has 1 aliphatic carbocycles. The van der Waals surface area contributed by atoms with Crippen LogP contribution in [-0.4, -0.2) is 27.0 Å². The molecule has 0 saturated heterocycles. The second kappa shape index (κ2) is 5.96. The van der Waals surface area contributed by atoms with Gasteiger partial charge in [-0.15, -0.1) is 0 Å². The molecule has 0 bridgehead atoms. The lowest BCUT2D eigenvalue weighted by atomic mass is 9.84. The molecule has 2 aromatic rings. The Morgan fingerprint density at radius 1 is 1.44 bits per heavy atom. The highest BCUT2D eigenvalue weighted by molar-refractivity contribution is 7.91. The summed E-state index contributed by atoms with van der Waals surface area (Å²) in [4.78, 5) is 15.0.